The monoisotopic (exact) mass is 362 g/mol. The van der Waals surface area contributed by atoms with Gasteiger partial charge in [0.1, 0.15) is 4.47 Å². The van der Waals surface area contributed by atoms with Crippen LogP contribution in [0.15, 0.2) is 31.5 Å². The lowest BCUT2D eigenvalue weighted by Crippen LogP contribution is -2.22. The Bertz CT molecular complexity index is 576. The molecule has 0 N–H and O–H groups in total. The number of thiophene rings is 1. The number of aryl methyl sites for hydroxylation is 1. The Morgan fingerprint density at radius 3 is 2.88 bits per heavy atom. The molecule has 0 amide bonds. The molecule has 84 valence electrons. The van der Waals surface area contributed by atoms with Crippen LogP contribution in [0.4, 0.5) is 0 Å². The molecule has 2 aromatic rings. The first-order valence-corrected chi connectivity index (χ1v) is 6.99. The summed E-state index contributed by atoms with van der Waals surface area (Å²) in [6.07, 6.45) is 1.58. The standard InChI is InChI=1S/C10H8Br2N2OS/c1-6-9(12)10(15)14(5-13-6)3-8-2-7(11)4-16-8/h2,4-5H,3H2,1H3. The van der Waals surface area contributed by atoms with Gasteiger partial charge in [0.05, 0.1) is 18.6 Å². The van der Waals surface area contributed by atoms with Crippen molar-refractivity contribution in [3.05, 3.63) is 47.6 Å². The lowest BCUT2D eigenvalue weighted by atomic mass is 10.4. The summed E-state index contributed by atoms with van der Waals surface area (Å²) in [7, 11) is 0. The summed E-state index contributed by atoms with van der Waals surface area (Å²) in [5, 5.41) is 2.00. The van der Waals surface area contributed by atoms with E-state index in [9.17, 15) is 4.79 Å². The van der Waals surface area contributed by atoms with E-state index in [1.54, 1.807) is 29.2 Å². The summed E-state index contributed by atoms with van der Waals surface area (Å²) in [6.45, 7) is 2.36. The van der Waals surface area contributed by atoms with Crippen LogP contribution in [0.3, 0.4) is 0 Å². The van der Waals surface area contributed by atoms with Crippen molar-refractivity contribution in [3.8, 4) is 0 Å². The molecule has 6 heteroatoms. The fourth-order valence-electron chi connectivity index (χ4n) is 1.26. The highest BCUT2D eigenvalue weighted by molar-refractivity contribution is 9.10. The van der Waals surface area contributed by atoms with Crippen LogP contribution in [0.1, 0.15) is 10.6 Å². The number of nitrogens with zero attached hydrogens (tertiary/aromatic N) is 2. The van der Waals surface area contributed by atoms with Crippen LogP contribution in [0.25, 0.3) is 0 Å². The van der Waals surface area contributed by atoms with Crippen molar-refractivity contribution in [1.82, 2.24) is 9.55 Å². The minimum atomic E-state index is -0.0444. The molecule has 0 radical (unpaired) electrons. The van der Waals surface area contributed by atoms with Crippen LogP contribution in [0.5, 0.6) is 0 Å². The maximum atomic E-state index is 11.9. The molecule has 0 bridgehead atoms. The molecule has 0 fully saturated rings. The molecule has 0 aromatic carbocycles. The van der Waals surface area contributed by atoms with Crippen LogP contribution < -0.4 is 5.56 Å². The van der Waals surface area contributed by atoms with Gasteiger partial charge in [-0.25, -0.2) is 4.98 Å². The van der Waals surface area contributed by atoms with Gasteiger partial charge in [0.25, 0.3) is 5.56 Å². The molecule has 0 spiro atoms. The average Bonchev–Trinajstić information content (AvgIpc) is 2.65. The van der Waals surface area contributed by atoms with Crippen LogP contribution in [0, 0.1) is 6.92 Å². The van der Waals surface area contributed by atoms with Crippen LogP contribution in [-0.4, -0.2) is 9.55 Å². The van der Waals surface area contributed by atoms with Gasteiger partial charge in [0.15, 0.2) is 0 Å². The van der Waals surface area contributed by atoms with Crippen LogP contribution in [-0.2, 0) is 6.54 Å². The Hall–Kier alpha value is -0.460. The van der Waals surface area contributed by atoms with Crippen molar-refractivity contribution in [2.75, 3.05) is 0 Å². The lowest BCUT2D eigenvalue weighted by molar-refractivity contribution is 0.733. The van der Waals surface area contributed by atoms with E-state index in [2.05, 4.69) is 36.8 Å². The largest absolute Gasteiger partial charge is 0.293 e. The second-order valence-corrected chi connectivity index (χ2v) is 6.01. The van der Waals surface area contributed by atoms with E-state index in [1.807, 2.05) is 11.4 Å². The molecule has 0 aliphatic rings. The first kappa shape index (κ1) is 12.0. The SMILES string of the molecule is Cc1ncn(Cc2cc(Br)cs2)c(=O)c1Br. The summed E-state index contributed by atoms with van der Waals surface area (Å²) >= 11 is 8.25. The third-order valence-electron chi connectivity index (χ3n) is 2.10. The summed E-state index contributed by atoms with van der Waals surface area (Å²) in [5.41, 5.74) is 0.672. The molecular formula is C10H8Br2N2OS. The van der Waals surface area contributed by atoms with E-state index in [4.69, 9.17) is 0 Å². The molecule has 2 rings (SSSR count). The Labute approximate surface area is 113 Å². The van der Waals surface area contributed by atoms with E-state index in [0.29, 0.717) is 16.7 Å². The third-order valence-corrected chi connectivity index (χ3v) is 4.70. The molecule has 16 heavy (non-hydrogen) atoms. The van der Waals surface area contributed by atoms with E-state index in [-0.39, 0.29) is 5.56 Å². The predicted octanol–water partition coefficient (Wildman–Crippen LogP) is 3.19. The molecule has 0 saturated carbocycles. The highest BCUT2D eigenvalue weighted by atomic mass is 79.9. The van der Waals surface area contributed by atoms with E-state index in [1.165, 1.54) is 0 Å². The topological polar surface area (TPSA) is 34.9 Å². The number of aromatic nitrogens is 2. The number of hydrogen-bond acceptors (Lipinski definition) is 3. The van der Waals surface area contributed by atoms with E-state index < -0.39 is 0 Å². The number of halogens is 2. The Morgan fingerprint density at radius 1 is 1.50 bits per heavy atom. The highest BCUT2D eigenvalue weighted by Gasteiger charge is 2.06. The van der Waals surface area contributed by atoms with Crippen LogP contribution >= 0.6 is 43.2 Å². The Balaban J connectivity index is 2.36. The highest BCUT2D eigenvalue weighted by Crippen LogP contribution is 2.20. The molecule has 0 aliphatic carbocycles. The maximum absolute atomic E-state index is 11.9. The van der Waals surface area contributed by atoms with Gasteiger partial charge in [-0.2, -0.15) is 0 Å². The van der Waals surface area contributed by atoms with Gasteiger partial charge in [0, 0.05) is 14.7 Å². The second kappa shape index (κ2) is 4.81. The quantitative estimate of drug-likeness (QED) is 0.821. The molecule has 0 aliphatic heterocycles. The maximum Gasteiger partial charge on any atom is 0.268 e. The zero-order valence-electron chi connectivity index (χ0n) is 8.41. The molecular weight excluding hydrogens is 356 g/mol. The zero-order chi connectivity index (χ0) is 11.7. The van der Waals surface area contributed by atoms with Gasteiger partial charge in [-0.15, -0.1) is 11.3 Å². The molecule has 0 saturated heterocycles. The summed E-state index contributed by atoms with van der Waals surface area (Å²) < 4.78 is 3.17. The minimum absolute atomic E-state index is 0.0444. The first-order valence-electron chi connectivity index (χ1n) is 4.52. The van der Waals surface area contributed by atoms with Gasteiger partial charge in [-0.1, -0.05) is 0 Å². The molecule has 0 atom stereocenters. The first-order chi connectivity index (χ1) is 7.58. The normalized spacial score (nSPS) is 10.7. The third kappa shape index (κ3) is 2.44. The average molecular weight is 364 g/mol. The van der Waals surface area contributed by atoms with Gasteiger partial charge < -0.3 is 0 Å². The van der Waals surface area contributed by atoms with Gasteiger partial charge in [0.2, 0.25) is 0 Å². The summed E-state index contributed by atoms with van der Waals surface area (Å²) in [5.74, 6) is 0. The predicted molar refractivity (Wildman–Crippen MR) is 72.1 cm³/mol. The number of hydrogen-bond donors (Lipinski definition) is 0. The van der Waals surface area contributed by atoms with Gasteiger partial charge in [-0.3, -0.25) is 9.36 Å². The van der Waals surface area contributed by atoms with E-state index >= 15 is 0 Å². The van der Waals surface area contributed by atoms with E-state index in [0.717, 1.165) is 9.35 Å². The van der Waals surface area contributed by atoms with Gasteiger partial charge in [-0.05, 0) is 44.8 Å². The summed E-state index contributed by atoms with van der Waals surface area (Å²) in [4.78, 5) is 17.1. The van der Waals surface area contributed by atoms with Crippen molar-refractivity contribution >= 4 is 43.2 Å². The Morgan fingerprint density at radius 2 is 2.25 bits per heavy atom. The van der Waals surface area contributed by atoms with Crippen molar-refractivity contribution in [2.24, 2.45) is 0 Å². The van der Waals surface area contributed by atoms with Crippen molar-refractivity contribution < 1.29 is 0 Å². The second-order valence-electron chi connectivity index (χ2n) is 3.31. The van der Waals surface area contributed by atoms with Crippen molar-refractivity contribution in [1.29, 1.82) is 0 Å². The smallest absolute Gasteiger partial charge is 0.268 e. The molecule has 2 aromatic heterocycles. The molecule has 0 unspecified atom stereocenters. The Kier molecular flexibility index (Phi) is 3.61. The fourth-order valence-corrected chi connectivity index (χ4v) is 3.04. The van der Waals surface area contributed by atoms with Crippen LogP contribution in [0.2, 0.25) is 0 Å². The molecule has 2 heterocycles. The molecule has 3 nitrogen and oxygen atoms in total. The van der Waals surface area contributed by atoms with Crippen molar-refractivity contribution in [2.45, 2.75) is 13.5 Å². The van der Waals surface area contributed by atoms with Gasteiger partial charge >= 0.3 is 0 Å². The minimum Gasteiger partial charge on any atom is -0.293 e. The zero-order valence-corrected chi connectivity index (χ0v) is 12.4. The van der Waals surface area contributed by atoms with Crippen molar-refractivity contribution in [3.63, 3.8) is 0 Å². The lowest BCUT2D eigenvalue weighted by Gasteiger charge is -2.04. The summed E-state index contributed by atoms with van der Waals surface area (Å²) in [6, 6.07) is 2.00. The number of rotatable bonds is 2. The fraction of sp³-hybridized carbons (Fsp3) is 0.200.